The number of hydrogen-bond donors (Lipinski definition) is 1. The lowest BCUT2D eigenvalue weighted by atomic mass is 9.91. The topological polar surface area (TPSA) is 24.5 Å². The molecular formula is C12H24N2O. The molecule has 2 rings (SSSR count). The van der Waals surface area contributed by atoms with Crippen LogP contribution in [0.3, 0.4) is 0 Å². The van der Waals surface area contributed by atoms with Gasteiger partial charge in [-0.05, 0) is 51.7 Å². The fourth-order valence-electron chi connectivity index (χ4n) is 2.84. The van der Waals surface area contributed by atoms with Crippen LogP contribution in [0.4, 0.5) is 0 Å². The predicted molar refractivity (Wildman–Crippen MR) is 62.1 cm³/mol. The predicted octanol–water partition coefficient (Wildman–Crippen LogP) is 1.10. The number of ether oxygens (including phenoxy) is 1. The average Bonchev–Trinajstić information content (AvgIpc) is 2.80. The molecule has 2 heterocycles. The van der Waals surface area contributed by atoms with Crippen molar-refractivity contribution in [2.24, 2.45) is 5.92 Å². The molecule has 0 saturated carbocycles. The third kappa shape index (κ3) is 3.16. The zero-order chi connectivity index (χ0) is 10.5. The van der Waals surface area contributed by atoms with E-state index in [1.807, 2.05) is 0 Å². The minimum atomic E-state index is 0.673. The molecule has 2 aliphatic heterocycles. The van der Waals surface area contributed by atoms with E-state index in [1.165, 1.54) is 45.3 Å². The molecule has 0 aromatic carbocycles. The molecule has 0 radical (unpaired) electrons. The van der Waals surface area contributed by atoms with Gasteiger partial charge in [0.25, 0.3) is 0 Å². The Balaban J connectivity index is 1.79. The zero-order valence-electron chi connectivity index (χ0n) is 9.87. The fourth-order valence-corrected chi connectivity index (χ4v) is 2.84. The largest absolute Gasteiger partial charge is 0.381 e. The van der Waals surface area contributed by atoms with Crippen molar-refractivity contribution >= 4 is 0 Å². The van der Waals surface area contributed by atoms with Crippen LogP contribution in [0.25, 0.3) is 0 Å². The van der Waals surface area contributed by atoms with Gasteiger partial charge in [0.1, 0.15) is 0 Å². The molecule has 15 heavy (non-hydrogen) atoms. The molecule has 88 valence electrons. The number of nitrogens with zero attached hydrogens (tertiary/aromatic N) is 1. The SMILES string of the molecule is CNC(CN1CCCC1)C1CCOCC1. The van der Waals surface area contributed by atoms with Crippen LogP contribution in [0.2, 0.25) is 0 Å². The van der Waals surface area contributed by atoms with Crippen LogP contribution >= 0.6 is 0 Å². The Labute approximate surface area is 93.2 Å². The second kappa shape index (κ2) is 5.83. The number of nitrogens with one attached hydrogen (secondary N) is 1. The molecule has 2 saturated heterocycles. The van der Waals surface area contributed by atoms with Crippen LogP contribution in [-0.2, 0) is 4.74 Å². The third-order valence-electron chi connectivity index (χ3n) is 3.86. The highest BCUT2D eigenvalue weighted by Gasteiger charge is 2.25. The van der Waals surface area contributed by atoms with Crippen molar-refractivity contribution in [1.29, 1.82) is 0 Å². The van der Waals surface area contributed by atoms with Crippen molar-refractivity contribution in [3.63, 3.8) is 0 Å². The first-order valence-electron chi connectivity index (χ1n) is 6.37. The van der Waals surface area contributed by atoms with Crippen LogP contribution in [-0.4, -0.2) is 50.8 Å². The van der Waals surface area contributed by atoms with E-state index in [2.05, 4.69) is 17.3 Å². The standard InChI is InChI=1S/C12H24N2O/c1-13-12(10-14-6-2-3-7-14)11-4-8-15-9-5-11/h11-13H,2-10H2,1H3. The Kier molecular flexibility index (Phi) is 4.42. The van der Waals surface area contributed by atoms with E-state index in [0.717, 1.165) is 19.1 Å². The summed E-state index contributed by atoms with van der Waals surface area (Å²) in [5.41, 5.74) is 0. The van der Waals surface area contributed by atoms with Gasteiger partial charge in [-0.15, -0.1) is 0 Å². The molecule has 1 N–H and O–H groups in total. The maximum Gasteiger partial charge on any atom is 0.0469 e. The normalized spacial score (nSPS) is 27.0. The molecule has 3 heteroatoms. The molecule has 1 atom stereocenters. The lowest BCUT2D eigenvalue weighted by Crippen LogP contribution is -2.45. The number of rotatable bonds is 4. The summed E-state index contributed by atoms with van der Waals surface area (Å²) in [6, 6.07) is 0.673. The molecule has 2 fully saturated rings. The highest BCUT2D eigenvalue weighted by molar-refractivity contribution is 4.82. The van der Waals surface area contributed by atoms with E-state index in [-0.39, 0.29) is 0 Å². The molecule has 0 bridgehead atoms. The van der Waals surface area contributed by atoms with E-state index in [4.69, 9.17) is 4.74 Å². The van der Waals surface area contributed by atoms with Gasteiger partial charge in [0.05, 0.1) is 0 Å². The summed E-state index contributed by atoms with van der Waals surface area (Å²) in [4.78, 5) is 2.61. The summed E-state index contributed by atoms with van der Waals surface area (Å²) >= 11 is 0. The molecule has 0 aliphatic carbocycles. The van der Waals surface area contributed by atoms with Gasteiger partial charge in [0.2, 0.25) is 0 Å². The molecule has 1 unspecified atom stereocenters. The van der Waals surface area contributed by atoms with Crippen molar-refractivity contribution in [3.8, 4) is 0 Å². The van der Waals surface area contributed by atoms with E-state index < -0.39 is 0 Å². The minimum absolute atomic E-state index is 0.673. The summed E-state index contributed by atoms with van der Waals surface area (Å²) in [6.45, 7) is 5.77. The van der Waals surface area contributed by atoms with Crippen molar-refractivity contribution < 1.29 is 4.74 Å². The monoisotopic (exact) mass is 212 g/mol. The van der Waals surface area contributed by atoms with E-state index >= 15 is 0 Å². The Bertz CT molecular complexity index is 174. The minimum Gasteiger partial charge on any atom is -0.381 e. The Morgan fingerprint density at radius 3 is 2.53 bits per heavy atom. The van der Waals surface area contributed by atoms with Crippen LogP contribution in [0, 0.1) is 5.92 Å². The molecule has 3 nitrogen and oxygen atoms in total. The van der Waals surface area contributed by atoms with Crippen LogP contribution in [0.1, 0.15) is 25.7 Å². The molecule has 0 aromatic rings. The first-order chi connectivity index (χ1) is 7.40. The summed E-state index contributed by atoms with van der Waals surface area (Å²) in [7, 11) is 2.11. The summed E-state index contributed by atoms with van der Waals surface area (Å²) in [5.74, 6) is 0.823. The lowest BCUT2D eigenvalue weighted by molar-refractivity contribution is 0.0499. The lowest BCUT2D eigenvalue weighted by Gasteiger charge is -2.32. The van der Waals surface area contributed by atoms with Gasteiger partial charge < -0.3 is 15.0 Å². The Hall–Kier alpha value is -0.120. The molecular weight excluding hydrogens is 188 g/mol. The maximum atomic E-state index is 5.42. The van der Waals surface area contributed by atoms with Gasteiger partial charge in [-0.1, -0.05) is 0 Å². The Morgan fingerprint density at radius 2 is 1.93 bits per heavy atom. The molecule has 0 aromatic heterocycles. The summed E-state index contributed by atoms with van der Waals surface area (Å²) < 4.78 is 5.42. The number of hydrogen-bond acceptors (Lipinski definition) is 3. The van der Waals surface area contributed by atoms with Gasteiger partial charge in [-0.3, -0.25) is 0 Å². The Morgan fingerprint density at radius 1 is 1.27 bits per heavy atom. The summed E-state index contributed by atoms with van der Waals surface area (Å²) in [6.07, 6.45) is 5.26. The van der Waals surface area contributed by atoms with Crippen molar-refractivity contribution in [2.45, 2.75) is 31.7 Å². The van der Waals surface area contributed by atoms with Gasteiger partial charge >= 0.3 is 0 Å². The van der Waals surface area contributed by atoms with Crippen LogP contribution < -0.4 is 5.32 Å². The summed E-state index contributed by atoms with van der Waals surface area (Å²) in [5, 5.41) is 3.50. The third-order valence-corrected chi connectivity index (χ3v) is 3.86. The van der Waals surface area contributed by atoms with Gasteiger partial charge in [-0.25, -0.2) is 0 Å². The first-order valence-corrected chi connectivity index (χ1v) is 6.37. The van der Waals surface area contributed by atoms with Crippen LogP contribution in [0.5, 0.6) is 0 Å². The molecule has 0 spiro atoms. The van der Waals surface area contributed by atoms with Crippen molar-refractivity contribution in [1.82, 2.24) is 10.2 Å². The highest BCUT2D eigenvalue weighted by Crippen LogP contribution is 2.20. The van der Waals surface area contributed by atoms with E-state index in [0.29, 0.717) is 6.04 Å². The van der Waals surface area contributed by atoms with E-state index in [9.17, 15) is 0 Å². The van der Waals surface area contributed by atoms with Gasteiger partial charge in [0, 0.05) is 25.8 Å². The highest BCUT2D eigenvalue weighted by atomic mass is 16.5. The second-order valence-corrected chi connectivity index (χ2v) is 4.85. The maximum absolute atomic E-state index is 5.42. The zero-order valence-corrected chi connectivity index (χ0v) is 9.87. The molecule has 2 aliphatic rings. The van der Waals surface area contributed by atoms with Gasteiger partial charge in [-0.2, -0.15) is 0 Å². The van der Waals surface area contributed by atoms with Gasteiger partial charge in [0.15, 0.2) is 0 Å². The quantitative estimate of drug-likeness (QED) is 0.755. The second-order valence-electron chi connectivity index (χ2n) is 4.85. The number of likely N-dealkylation sites (N-methyl/N-ethyl adjacent to an activating group) is 1. The smallest absolute Gasteiger partial charge is 0.0469 e. The molecule has 0 amide bonds. The fraction of sp³-hybridized carbons (Fsp3) is 1.00. The average molecular weight is 212 g/mol. The van der Waals surface area contributed by atoms with E-state index in [1.54, 1.807) is 0 Å². The van der Waals surface area contributed by atoms with Crippen molar-refractivity contribution in [2.75, 3.05) is 39.9 Å². The van der Waals surface area contributed by atoms with Crippen LogP contribution in [0.15, 0.2) is 0 Å². The van der Waals surface area contributed by atoms with Crippen molar-refractivity contribution in [3.05, 3.63) is 0 Å². The first kappa shape index (κ1) is 11.4. The number of likely N-dealkylation sites (tertiary alicyclic amines) is 1.